The van der Waals surface area contributed by atoms with E-state index < -0.39 is 0 Å². The van der Waals surface area contributed by atoms with Crippen LogP contribution in [0.25, 0.3) is 0 Å². The Labute approximate surface area is 107 Å². The van der Waals surface area contributed by atoms with Gasteiger partial charge in [-0.15, -0.1) is 0 Å². The van der Waals surface area contributed by atoms with Gasteiger partial charge in [-0.2, -0.15) is 0 Å². The SMILES string of the molecule is CCCNC(Cc1cc(Cl)ccc1F)C1CC1. The molecule has 0 heterocycles. The third kappa shape index (κ3) is 3.68. The van der Waals surface area contributed by atoms with Crippen LogP contribution < -0.4 is 5.32 Å². The molecular weight excluding hydrogens is 237 g/mol. The van der Waals surface area contributed by atoms with Crippen LogP contribution in [0.5, 0.6) is 0 Å². The normalized spacial score (nSPS) is 17.1. The molecule has 0 radical (unpaired) electrons. The van der Waals surface area contributed by atoms with Crippen LogP contribution in [0, 0.1) is 11.7 Å². The van der Waals surface area contributed by atoms with E-state index in [1.54, 1.807) is 12.1 Å². The van der Waals surface area contributed by atoms with Crippen LogP contribution in [0.15, 0.2) is 18.2 Å². The molecule has 1 unspecified atom stereocenters. The second-order valence-corrected chi connectivity index (χ2v) is 5.27. The molecule has 1 aliphatic carbocycles. The predicted octanol–water partition coefficient (Wildman–Crippen LogP) is 3.80. The third-order valence-corrected chi connectivity index (χ3v) is 3.53. The number of nitrogens with one attached hydrogen (secondary N) is 1. The standard InChI is InChI=1S/C14H19ClFN/c1-2-7-17-14(10-3-4-10)9-11-8-12(15)5-6-13(11)16/h5-6,8,10,14,17H,2-4,7,9H2,1H3. The average Bonchev–Trinajstić information content (AvgIpc) is 3.13. The van der Waals surface area contributed by atoms with E-state index in [9.17, 15) is 4.39 Å². The zero-order valence-corrected chi connectivity index (χ0v) is 10.9. The Morgan fingerprint density at radius 3 is 2.88 bits per heavy atom. The highest BCUT2D eigenvalue weighted by molar-refractivity contribution is 6.30. The second kappa shape index (κ2) is 5.83. The largest absolute Gasteiger partial charge is 0.313 e. The maximum Gasteiger partial charge on any atom is 0.126 e. The monoisotopic (exact) mass is 255 g/mol. The average molecular weight is 256 g/mol. The first kappa shape index (κ1) is 12.8. The van der Waals surface area contributed by atoms with Crippen molar-refractivity contribution < 1.29 is 4.39 Å². The predicted molar refractivity (Wildman–Crippen MR) is 69.9 cm³/mol. The summed E-state index contributed by atoms with van der Waals surface area (Å²) in [4.78, 5) is 0. The Hall–Kier alpha value is -0.600. The summed E-state index contributed by atoms with van der Waals surface area (Å²) in [5.74, 6) is 0.582. The van der Waals surface area contributed by atoms with Crippen molar-refractivity contribution >= 4 is 11.6 Å². The molecule has 1 atom stereocenters. The molecule has 3 heteroatoms. The summed E-state index contributed by atoms with van der Waals surface area (Å²) in [6, 6.07) is 5.22. The fraction of sp³-hybridized carbons (Fsp3) is 0.571. The van der Waals surface area contributed by atoms with E-state index in [1.165, 1.54) is 18.9 Å². The van der Waals surface area contributed by atoms with Gasteiger partial charge in [0.05, 0.1) is 0 Å². The highest BCUT2D eigenvalue weighted by Crippen LogP contribution is 2.34. The Morgan fingerprint density at radius 1 is 1.47 bits per heavy atom. The van der Waals surface area contributed by atoms with Gasteiger partial charge >= 0.3 is 0 Å². The number of halogens is 2. The molecule has 0 aliphatic heterocycles. The lowest BCUT2D eigenvalue weighted by atomic mass is 10.0. The summed E-state index contributed by atoms with van der Waals surface area (Å²) in [6.45, 7) is 3.15. The van der Waals surface area contributed by atoms with Crippen molar-refractivity contribution in [1.29, 1.82) is 0 Å². The number of hydrogen-bond acceptors (Lipinski definition) is 1. The van der Waals surface area contributed by atoms with Crippen molar-refractivity contribution in [3.8, 4) is 0 Å². The molecular formula is C14H19ClFN. The number of rotatable bonds is 6. The summed E-state index contributed by atoms with van der Waals surface area (Å²) >= 11 is 5.91. The molecule has 0 saturated heterocycles. The van der Waals surface area contributed by atoms with Gasteiger partial charge < -0.3 is 5.32 Å². The molecule has 0 bridgehead atoms. The van der Waals surface area contributed by atoms with Crippen LogP contribution in [-0.2, 0) is 6.42 Å². The lowest BCUT2D eigenvalue weighted by Gasteiger charge is -2.18. The van der Waals surface area contributed by atoms with E-state index in [-0.39, 0.29) is 5.82 Å². The van der Waals surface area contributed by atoms with E-state index in [2.05, 4.69) is 12.2 Å². The van der Waals surface area contributed by atoms with Gasteiger partial charge in [0.2, 0.25) is 0 Å². The molecule has 1 aliphatic rings. The Bertz CT molecular complexity index is 376. The van der Waals surface area contributed by atoms with Crippen LogP contribution in [0.3, 0.4) is 0 Å². The minimum Gasteiger partial charge on any atom is -0.313 e. The smallest absolute Gasteiger partial charge is 0.126 e. The van der Waals surface area contributed by atoms with Crippen molar-refractivity contribution in [2.75, 3.05) is 6.54 Å². The van der Waals surface area contributed by atoms with Crippen molar-refractivity contribution in [3.05, 3.63) is 34.6 Å². The van der Waals surface area contributed by atoms with E-state index in [1.807, 2.05) is 0 Å². The summed E-state index contributed by atoms with van der Waals surface area (Å²) in [5, 5.41) is 4.13. The molecule has 2 rings (SSSR count). The second-order valence-electron chi connectivity index (χ2n) is 4.84. The van der Waals surface area contributed by atoms with Crippen LogP contribution in [0.2, 0.25) is 5.02 Å². The van der Waals surface area contributed by atoms with Gasteiger partial charge in [0, 0.05) is 11.1 Å². The molecule has 1 fully saturated rings. The number of hydrogen-bond donors (Lipinski definition) is 1. The fourth-order valence-corrected chi connectivity index (χ4v) is 2.37. The van der Waals surface area contributed by atoms with Gasteiger partial charge in [-0.3, -0.25) is 0 Å². The van der Waals surface area contributed by atoms with Gasteiger partial charge in [-0.05, 0) is 61.9 Å². The van der Waals surface area contributed by atoms with Gasteiger partial charge in [0.15, 0.2) is 0 Å². The minimum atomic E-state index is -0.140. The molecule has 1 nitrogen and oxygen atoms in total. The van der Waals surface area contributed by atoms with Crippen LogP contribution in [0.1, 0.15) is 31.7 Å². The summed E-state index contributed by atoms with van der Waals surface area (Å²) in [5.41, 5.74) is 0.734. The van der Waals surface area contributed by atoms with E-state index in [4.69, 9.17) is 11.6 Å². The van der Waals surface area contributed by atoms with Gasteiger partial charge in [0.25, 0.3) is 0 Å². The quantitative estimate of drug-likeness (QED) is 0.815. The minimum absolute atomic E-state index is 0.140. The molecule has 0 aromatic heterocycles. The highest BCUT2D eigenvalue weighted by Gasteiger charge is 2.31. The van der Waals surface area contributed by atoms with Crippen LogP contribution in [0.4, 0.5) is 4.39 Å². The highest BCUT2D eigenvalue weighted by atomic mass is 35.5. The zero-order chi connectivity index (χ0) is 12.3. The Morgan fingerprint density at radius 2 is 2.24 bits per heavy atom. The molecule has 0 amide bonds. The Balaban J connectivity index is 2.03. The number of benzene rings is 1. The first-order valence-corrected chi connectivity index (χ1v) is 6.75. The van der Waals surface area contributed by atoms with E-state index in [0.29, 0.717) is 11.1 Å². The van der Waals surface area contributed by atoms with Gasteiger partial charge in [-0.25, -0.2) is 4.39 Å². The maximum atomic E-state index is 13.6. The molecule has 94 valence electrons. The lowest BCUT2D eigenvalue weighted by molar-refractivity contribution is 0.451. The summed E-state index contributed by atoms with van der Waals surface area (Å²) < 4.78 is 13.6. The lowest BCUT2D eigenvalue weighted by Crippen LogP contribution is -2.34. The van der Waals surface area contributed by atoms with Crippen molar-refractivity contribution in [1.82, 2.24) is 5.32 Å². The van der Waals surface area contributed by atoms with E-state index >= 15 is 0 Å². The van der Waals surface area contributed by atoms with Crippen molar-refractivity contribution in [2.45, 2.75) is 38.6 Å². The summed E-state index contributed by atoms with van der Waals surface area (Å²) in [7, 11) is 0. The van der Waals surface area contributed by atoms with Crippen LogP contribution >= 0.6 is 11.6 Å². The molecule has 0 spiro atoms. The van der Waals surface area contributed by atoms with Crippen molar-refractivity contribution in [3.63, 3.8) is 0 Å². The molecule has 1 aromatic rings. The zero-order valence-electron chi connectivity index (χ0n) is 10.2. The van der Waals surface area contributed by atoms with E-state index in [0.717, 1.165) is 30.9 Å². The van der Waals surface area contributed by atoms with Gasteiger partial charge in [-0.1, -0.05) is 18.5 Å². The topological polar surface area (TPSA) is 12.0 Å². The first-order chi connectivity index (χ1) is 8.20. The molecule has 1 N–H and O–H groups in total. The first-order valence-electron chi connectivity index (χ1n) is 6.38. The fourth-order valence-electron chi connectivity index (χ4n) is 2.17. The molecule has 17 heavy (non-hydrogen) atoms. The van der Waals surface area contributed by atoms with Gasteiger partial charge in [0.1, 0.15) is 5.82 Å². The molecule has 1 saturated carbocycles. The third-order valence-electron chi connectivity index (χ3n) is 3.30. The van der Waals surface area contributed by atoms with Crippen molar-refractivity contribution in [2.24, 2.45) is 5.92 Å². The van der Waals surface area contributed by atoms with Crippen LogP contribution in [-0.4, -0.2) is 12.6 Å². The molecule has 1 aromatic carbocycles. The summed E-state index contributed by atoms with van der Waals surface area (Å²) in [6.07, 6.45) is 4.39. The maximum absolute atomic E-state index is 13.6. The Kier molecular flexibility index (Phi) is 4.41.